The zero-order valence-corrected chi connectivity index (χ0v) is 6.99. The second-order valence-electron chi connectivity index (χ2n) is 1.92. The van der Waals surface area contributed by atoms with Gasteiger partial charge in [-0.25, -0.2) is 0 Å². The topological polar surface area (TPSA) is 0 Å². The average Bonchev–Trinajstić information content (AvgIpc) is 1.65. The molecule has 0 nitrogen and oxygen atoms in total. The number of hydrogen-bond donors (Lipinski definition) is 0. The lowest BCUT2D eigenvalue weighted by atomic mass is 10.3. The minimum absolute atomic E-state index is 1.07. The molecule has 0 aromatic heterocycles. The van der Waals surface area contributed by atoms with E-state index >= 15 is 0 Å². The van der Waals surface area contributed by atoms with E-state index in [-0.39, 0.29) is 0 Å². The van der Waals surface area contributed by atoms with Crippen molar-refractivity contribution < 1.29 is 0 Å². The first-order chi connectivity index (χ1) is 2.81. The average molecular weight is 102 g/mol. The fourth-order valence-electron chi connectivity index (χ4n) is 0.289. The molecule has 0 heterocycles. The molecule has 0 saturated heterocycles. The van der Waals surface area contributed by atoms with Gasteiger partial charge in [-0.15, -0.1) is 0 Å². The monoisotopic (exact) mass is 102 g/mol. The van der Waals surface area contributed by atoms with Crippen LogP contribution in [0, 0.1) is 0 Å². The van der Waals surface area contributed by atoms with Crippen LogP contribution < -0.4 is 0 Å². The van der Waals surface area contributed by atoms with Gasteiger partial charge in [-0.1, -0.05) is 32.2 Å². The van der Waals surface area contributed by atoms with Gasteiger partial charge in [0.25, 0.3) is 0 Å². The molecule has 0 bridgehead atoms. The summed E-state index contributed by atoms with van der Waals surface area (Å²) in [5.74, 6) is 0. The number of hydrogen-bond acceptors (Lipinski definition) is 0. The molecular weight excluding hydrogens is 88.1 g/mol. The van der Waals surface area contributed by atoms with Crippen LogP contribution in [-0.2, 0) is 0 Å². The molecule has 0 unspecified atom stereocenters. The van der Waals surface area contributed by atoms with Crippen LogP contribution in [0.1, 0.15) is 26.7 Å². The van der Waals surface area contributed by atoms with Gasteiger partial charge in [0.2, 0.25) is 0 Å². The molecule has 0 saturated carbocycles. The Kier molecular flexibility index (Phi) is 3.53. The van der Waals surface area contributed by atoms with Gasteiger partial charge in [0.15, 0.2) is 0 Å². The summed E-state index contributed by atoms with van der Waals surface area (Å²) < 4.78 is 0. The maximum absolute atomic E-state index is 2.27. The molecule has 0 N–H and O–H groups in total. The maximum Gasteiger partial charge on any atom is 0.00670 e. The summed E-state index contributed by atoms with van der Waals surface area (Å²) >= 11 is 0. The fourth-order valence-corrected chi connectivity index (χ4v) is 0.289. The largest absolute Gasteiger partial charge is 0.0654 e. The van der Waals surface area contributed by atoms with Crippen LogP contribution in [0.4, 0.5) is 0 Å². The van der Waals surface area contributed by atoms with Gasteiger partial charge >= 0.3 is 0 Å². The Hall–Kier alpha value is 0.217. The van der Waals surface area contributed by atoms with Gasteiger partial charge < -0.3 is 0 Å². The Morgan fingerprint density at radius 2 is 1.67 bits per heavy atom. The van der Waals surface area contributed by atoms with Gasteiger partial charge in [-0.3, -0.25) is 0 Å². The van der Waals surface area contributed by atoms with Gasteiger partial charge in [0, 0.05) is 10.2 Å². The Labute approximate surface area is 43.4 Å². The molecule has 0 radical (unpaired) electrons. The number of rotatable bonds is 2. The summed E-state index contributed by atoms with van der Waals surface area (Å²) in [6, 6.07) is 0. The molecule has 0 aliphatic rings. The van der Waals surface area contributed by atoms with Crippen molar-refractivity contribution in [3.8, 4) is 0 Å². The highest BCUT2D eigenvalue weighted by Crippen LogP contribution is 2.06. The van der Waals surface area contributed by atoms with Crippen molar-refractivity contribution in [1.82, 2.24) is 0 Å². The predicted octanol–water partition coefficient (Wildman–Crippen LogP) is 0.960. The van der Waals surface area contributed by atoms with Crippen LogP contribution in [-0.4, -0.2) is 10.2 Å². The van der Waals surface area contributed by atoms with E-state index in [2.05, 4.69) is 13.8 Å². The second kappa shape index (κ2) is 3.41. The second-order valence-corrected chi connectivity index (χ2v) is 3.55. The third-order valence-electron chi connectivity index (χ3n) is 1.39. The molecule has 0 fully saturated rings. The predicted molar refractivity (Wildman–Crippen MR) is 34.3 cm³/mol. The van der Waals surface area contributed by atoms with Crippen molar-refractivity contribution in [3.05, 3.63) is 0 Å². The van der Waals surface area contributed by atoms with Crippen LogP contribution in [0.2, 0.25) is 5.54 Å². The van der Waals surface area contributed by atoms with Crippen LogP contribution in [0.3, 0.4) is 0 Å². The zero-order valence-electron chi connectivity index (χ0n) is 4.99. The Bertz CT molecular complexity index is 23.1. The normalized spacial score (nSPS) is 10.5. The van der Waals surface area contributed by atoms with E-state index in [1.54, 1.807) is 0 Å². The van der Waals surface area contributed by atoms with Crippen LogP contribution in [0.15, 0.2) is 0 Å². The zero-order chi connectivity index (χ0) is 4.99. The summed E-state index contributed by atoms with van der Waals surface area (Å²) in [7, 11) is 1.39. The lowest BCUT2D eigenvalue weighted by Gasteiger charge is -1.98. The smallest absolute Gasteiger partial charge is 0.00670 e. The van der Waals surface area contributed by atoms with Crippen LogP contribution in [0.5, 0.6) is 0 Å². The lowest BCUT2D eigenvalue weighted by molar-refractivity contribution is 0.768. The maximum atomic E-state index is 2.27. The molecule has 0 amide bonds. The third kappa shape index (κ3) is 2.45. The van der Waals surface area contributed by atoms with E-state index in [4.69, 9.17) is 0 Å². The van der Waals surface area contributed by atoms with E-state index in [0.29, 0.717) is 0 Å². The highest BCUT2D eigenvalue weighted by atomic mass is 28.1. The molecule has 0 aromatic rings. The quantitative estimate of drug-likeness (QED) is 0.456. The van der Waals surface area contributed by atoms with Crippen molar-refractivity contribution in [2.24, 2.45) is 0 Å². The molecule has 0 aliphatic heterocycles. The molecule has 0 aliphatic carbocycles. The summed E-state index contributed by atoms with van der Waals surface area (Å²) in [6.45, 7) is 4.53. The minimum Gasteiger partial charge on any atom is -0.0654 e. The first-order valence-electron chi connectivity index (χ1n) is 2.81. The Morgan fingerprint density at radius 3 is 1.67 bits per heavy atom. The Morgan fingerprint density at radius 1 is 1.33 bits per heavy atom. The van der Waals surface area contributed by atoms with Crippen molar-refractivity contribution >= 4 is 10.2 Å². The molecule has 38 valence electrons. The molecule has 1 heteroatoms. The van der Waals surface area contributed by atoms with E-state index in [1.165, 1.54) is 23.1 Å². The van der Waals surface area contributed by atoms with Crippen molar-refractivity contribution in [2.75, 3.05) is 0 Å². The standard InChI is InChI=1S/C5H14Si/c1-3-5(6)4-2/h5H,3-4H2,1-2,6H3. The molecule has 6 heavy (non-hydrogen) atoms. The van der Waals surface area contributed by atoms with Gasteiger partial charge in [-0.05, 0) is 0 Å². The lowest BCUT2D eigenvalue weighted by Crippen LogP contribution is -1.83. The summed E-state index contributed by atoms with van der Waals surface area (Å²) in [5.41, 5.74) is 1.07. The van der Waals surface area contributed by atoms with E-state index in [1.807, 2.05) is 0 Å². The highest BCUT2D eigenvalue weighted by Gasteiger charge is 1.88. The summed E-state index contributed by atoms with van der Waals surface area (Å²) in [6.07, 6.45) is 2.78. The highest BCUT2D eigenvalue weighted by molar-refractivity contribution is 6.11. The first kappa shape index (κ1) is 6.22. The molecular formula is C5H14Si. The minimum atomic E-state index is 1.07. The van der Waals surface area contributed by atoms with Gasteiger partial charge in [-0.2, -0.15) is 0 Å². The SMILES string of the molecule is CCC([SiH3])CC. The van der Waals surface area contributed by atoms with Crippen molar-refractivity contribution in [1.29, 1.82) is 0 Å². The van der Waals surface area contributed by atoms with Gasteiger partial charge in [0.1, 0.15) is 0 Å². The van der Waals surface area contributed by atoms with Gasteiger partial charge in [0.05, 0.1) is 0 Å². The fraction of sp³-hybridized carbons (Fsp3) is 1.00. The Balaban J connectivity index is 2.75. The van der Waals surface area contributed by atoms with E-state index in [0.717, 1.165) is 5.54 Å². The molecule has 0 atom stereocenters. The van der Waals surface area contributed by atoms with E-state index in [9.17, 15) is 0 Å². The summed E-state index contributed by atoms with van der Waals surface area (Å²) in [4.78, 5) is 0. The summed E-state index contributed by atoms with van der Waals surface area (Å²) in [5, 5.41) is 0. The van der Waals surface area contributed by atoms with Crippen LogP contribution in [0.25, 0.3) is 0 Å². The first-order valence-corrected chi connectivity index (χ1v) is 3.96. The van der Waals surface area contributed by atoms with Crippen molar-refractivity contribution in [2.45, 2.75) is 32.2 Å². The molecule has 0 rings (SSSR count). The third-order valence-corrected chi connectivity index (χ3v) is 3.03. The van der Waals surface area contributed by atoms with Crippen LogP contribution >= 0.6 is 0 Å². The van der Waals surface area contributed by atoms with E-state index < -0.39 is 0 Å². The van der Waals surface area contributed by atoms with Crippen molar-refractivity contribution in [3.63, 3.8) is 0 Å². The molecule has 0 aromatic carbocycles. The molecule has 0 spiro atoms.